The number of carbonyl (C=O) groups is 1. The van der Waals surface area contributed by atoms with E-state index in [9.17, 15) is 4.79 Å². The van der Waals surface area contributed by atoms with Crippen molar-refractivity contribution in [3.05, 3.63) is 29.3 Å². The van der Waals surface area contributed by atoms with Crippen molar-refractivity contribution in [2.24, 2.45) is 10.8 Å². The average molecular weight is 375 g/mol. The molecule has 2 aromatic rings. The molecular formula is C20H26N2O3S. The first-order chi connectivity index (χ1) is 12.3. The Morgan fingerprint density at radius 3 is 3.04 bits per heavy atom. The van der Waals surface area contributed by atoms with E-state index in [4.69, 9.17) is 9.26 Å². The molecule has 4 rings (SSSR count). The van der Waals surface area contributed by atoms with E-state index >= 15 is 0 Å². The minimum atomic E-state index is 0.0957. The molecule has 1 aliphatic heterocycles. The summed E-state index contributed by atoms with van der Waals surface area (Å²) in [4.78, 5) is 15.8. The quantitative estimate of drug-likeness (QED) is 0.781. The molecule has 2 fully saturated rings. The lowest BCUT2D eigenvalue weighted by Gasteiger charge is -2.39. The summed E-state index contributed by atoms with van der Waals surface area (Å²) < 4.78 is 11.0. The van der Waals surface area contributed by atoms with E-state index in [0.29, 0.717) is 18.1 Å². The van der Waals surface area contributed by atoms with Crippen molar-refractivity contribution in [1.82, 2.24) is 10.1 Å². The first-order valence-corrected chi connectivity index (χ1v) is 10.1. The molecule has 6 heteroatoms. The number of thiophene rings is 1. The van der Waals surface area contributed by atoms with Gasteiger partial charge in [-0.2, -0.15) is 0 Å². The van der Waals surface area contributed by atoms with E-state index in [1.807, 2.05) is 23.6 Å². The van der Waals surface area contributed by atoms with Crippen LogP contribution >= 0.6 is 11.3 Å². The summed E-state index contributed by atoms with van der Waals surface area (Å²) in [7, 11) is 0. The van der Waals surface area contributed by atoms with Crippen molar-refractivity contribution < 1.29 is 14.1 Å². The number of nitrogens with zero attached hydrogens (tertiary/aromatic N) is 2. The van der Waals surface area contributed by atoms with Crippen molar-refractivity contribution in [2.45, 2.75) is 52.7 Å². The molecule has 1 saturated heterocycles. The molecule has 0 spiro atoms. The Balaban J connectivity index is 1.31. The smallest absolute Gasteiger partial charge is 0.248 e. The van der Waals surface area contributed by atoms with Crippen LogP contribution in [0.4, 0.5) is 0 Å². The number of likely N-dealkylation sites (tertiary alicyclic amines) is 1. The minimum absolute atomic E-state index is 0.0957. The maximum absolute atomic E-state index is 12.7. The first kappa shape index (κ1) is 17.7. The minimum Gasteiger partial charge on any atom is -0.365 e. The zero-order chi connectivity index (χ0) is 18.4. The monoisotopic (exact) mass is 374 g/mol. The number of hydrogen-bond donors (Lipinski definition) is 0. The maximum Gasteiger partial charge on any atom is 0.248 e. The van der Waals surface area contributed by atoms with Crippen LogP contribution in [0.5, 0.6) is 0 Å². The highest BCUT2D eigenvalue weighted by molar-refractivity contribution is 7.13. The first-order valence-electron chi connectivity index (χ1n) is 9.20. The van der Waals surface area contributed by atoms with Gasteiger partial charge in [0, 0.05) is 18.7 Å². The summed E-state index contributed by atoms with van der Waals surface area (Å²) >= 11 is 1.61. The number of rotatable bonds is 5. The largest absolute Gasteiger partial charge is 0.365 e. The van der Waals surface area contributed by atoms with Gasteiger partial charge in [0.2, 0.25) is 5.91 Å². The summed E-state index contributed by atoms with van der Waals surface area (Å²) in [6.45, 7) is 8.21. The van der Waals surface area contributed by atoms with Crippen LogP contribution in [0.1, 0.15) is 45.7 Å². The molecule has 26 heavy (non-hydrogen) atoms. The van der Waals surface area contributed by atoms with Crippen LogP contribution in [0, 0.1) is 10.8 Å². The molecule has 5 nitrogen and oxygen atoms in total. The van der Waals surface area contributed by atoms with E-state index in [-0.39, 0.29) is 17.9 Å². The van der Waals surface area contributed by atoms with E-state index in [1.54, 1.807) is 11.3 Å². The fourth-order valence-electron chi connectivity index (χ4n) is 4.99. The zero-order valence-electron chi connectivity index (χ0n) is 15.7. The predicted octanol–water partition coefficient (Wildman–Crippen LogP) is 4.35. The topological polar surface area (TPSA) is 55.6 Å². The number of carbonyl (C=O) groups excluding carboxylic acids is 1. The molecule has 0 radical (unpaired) electrons. The Morgan fingerprint density at radius 2 is 2.27 bits per heavy atom. The molecule has 0 aromatic carbocycles. The third kappa shape index (κ3) is 3.58. The molecule has 2 aromatic heterocycles. The fraction of sp³-hybridized carbons (Fsp3) is 0.600. The van der Waals surface area contributed by atoms with Gasteiger partial charge < -0.3 is 14.2 Å². The molecule has 0 N–H and O–H groups in total. The number of fused-ring (bicyclic) bond motifs is 2. The molecule has 0 unspecified atom stereocenters. The van der Waals surface area contributed by atoms with Crippen LogP contribution in [0.2, 0.25) is 0 Å². The molecule has 2 aliphatic rings. The molecule has 1 aliphatic carbocycles. The summed E-state index contributed by atoms with van der Waals surface area (Å²) in [5.41, 5.74) is 1.28. The Kier molecular flexibility index (Phi) is 4.43. The van der Waals surface area contributed by atoms with Gasteiger partial charge in [-0.25, -0.2) is 0 Å². The van der Waals surface area contributed by atoms with Gasteiger partial charge in [0.1, 0.15) is 12.3 Å². The maximum atomic E-state index is 12.7. The lowest BCUT2D eigenvalue weighted by Crippen LogP contribution is -2.39. The van der Waals surface area contributed by atoms with Gasteiger partial charge >= 0.3 is 0 Å². The lowest BCUT2D eigenvalue weighted by molar-refractivity contribution is -0.137. The van der Waals surface area contributed by atoms with Gasteiger partial charge in [-0.1, -0.05) is 32.0 Å². The molecule has 2 atom stereocenters. The second-order valence-electron chi connectivity index (χ2n) is 8.89. The Hall–Kier alpha value is -1.66. The molecule has 2 bridgehead atoms. The van der Waals surface area contributed by atoms with Gasteiger partial charge in [-0.15, -0.1) is 11.3 Å². The molecule has 1 saturated carbocycles. The van der Waals surface area contributed by atoms with Crippen molar-refractivity contribution >= 4 is 17.2 Å². The Bertz CT molecular complexity index is 783. The van der Waals surface area contributed by atoms with E-state index in [1.165, 1.54) is 6.42 Å². The van der Waals surface area contributed by atoms with Crippen LogP contribution in [0.3, 0.4) is 0 Å². The normalized spacial score (nSPS) is 27.0. The summed E-state index contributed by atoms with van der Waals surface area (Å²) in [5.74, 6) is 0.840. The second-order valence-corrected chi connectivity index (χ2v) is 9.84. The van der Waals surface area contributed by atoms with E-state index in [2.05, 4.69) is 30.8 Å². The number of ether oxygens (including phenoxy) is 1. The van der Waals surface area contributed by atoms with Gasteiger partial charge in [0.25, 0.3) is 0 Å². The van der Waals surface area contributed by atoms with E-state index < -0.39 is 0 Å². The SMILES string of the molecule is CC1(C)C[C@H]2C[C@@](C)(CN2C(=O)COCc2cc(-c3cccs3)on2)C1. The molecular weight excluding hydrogens is 348 g/mol. The average Bonchev–Trinajstić information content (AvgIpc) is 3.25. The van der Waals surface area contributed by atoms with E-state index in [0.717, 1.165) is 35.7 Å². The highest BCUT2D eigenvalue weighted by Gasteiger charge is 2.50. The highest BCUT2D eigenvalue weighted by Crippen LogP contribution is 2.52. The lowest BCUT2D eigenvalue weighted by atomic mass is 9.65. The third-order valence-electron chi connectivity index (χ3n) is 5.53. The standard InChI is InChI=1S/C20H26N2O3S/c1-19(2)8-15-9-20(3,12-19)13-22(15)18(23)11-24-10-14-7-16(25-21-14)17-5-4-6-26-17/h4-7,15H,8-13H2,1-3H3/t15-,20+/m0/s1. The second kappa shape index (κ2) is 6.50. The Morgan fingerprint density at radius 1 is 1.42 bits per heavy atom. The van der Waals surface area contributed by atoms with Crippen LogP contribution in [0.25, 0.3) is 10.6 Å². The zero-order valence-corrected chi connectivity index (χ0v) is 16.5. The molecule has 3 heterocycles. The van der Waals surface area contributed by atoms with Crippen molar-refractivity contribution in [2.75, 3.05) is 13.2 Å². The predicted molar refractivity (Wildman–Crippen MR) is 101 cm³/mol. The Labute approximate surface area is 158 Å². The summed E-state index contributed by atoms with van der Waals surface area (Å²) in [5, 5.41) is 6.03. The van der Waals surface area contributed by atoms with Crippen LogP contribution in [0.15, 0.2) is 28.1 Å². The van der Waals surface area contributed by atoms with Crippen molar-refractivity contribution in [3.8, 4) is 10.6 Å². The fourth-order valence-corrected chi connectivity index (χ4v) is 5.67. The van der Waals surface area contributed by atoms with Gasteiger partial charge in [-0.05, 0) is 41.5 Å². The summed E-state index contributed by atoms with van der Waals surface area (Å²) in [6, 6.07) is 6.21. The number of aromatic nitrogens is 1. The van der Waals surface area contributed by atoms with Crippen molar-refractivity contribution in [3.63, 3.8) is 0 Å². The van der Waals surface area contributed by atoms with Gasteiger partial charge in [-0.3, -0.25) is 4.79 Å². The van der Waals surface area contributed by atoms with Crippen LogP contribution < -0.4 is 0 Å². The molecule has 140 valence electrons. The third-order valence-corrected chi connectivity index (χ3v) is 6.42. The van der Waals surface area contributed by atoms with Crippen molar-refractivity contribution in [1.29, 1.82) is 0 Å². The molecule has 1 amide bonds. The number of amides is 1. The van der Waals surface area contributed by atoms with Crippen LogP contribution in [-0.4, -0.2) is 35.2 Å². The van der Waals surface area contributed by atoms with Crippen LogP contribution in [-0.2, 0) is 16.1 Å². The summed E-state index contributed by atoms with van der Waals surface area (Å²) in [6.07, 6.45) is 3.39. The number of hydrogen-bond acceptors (Lipinski definition) is 5. The van der Waals surface area contributed by atoms with Gasteiger partial charge in [0.05, 0.1) is 11.5 Å². The highest BCUT2D eigenvalue weighted by atomic mass is 32.1. The van der Waals surface area contributed by atoms with Gasteiger partial charge in [0.15, 0.2) is 5.76 Å².